The van der Waals surface area contributed by atoms with Crippen molar-refractivity contribution < 1.29 is 23.5 Å². The van der Waals surface area contributed by atoms with Gasteiger partial charge in [0.2, 0.25) is 5.91 Å². The van der Waals surface area contributed by atoms with Crippen molar-refractivity contribution in [3.05, 3.63) is 65.5 Å². The number of anilines is 1. The van der Waals surface area contributed by atoms with Gasteiger partial charge < -0.3 is 15.4 Å². The van der Waals surface area contributed by atoms with Gasteiger partial charge >= 0.3 is 5.97 Å². The second kappa shape index (κ2) is 7.87. The first-order valence-electron chi connectivity index (χ1n) is 7.01. The predicted octanol–water partition coefficient (Wildman–Crippen LogP) is 1.98. The molecule has 0 bridgehead atoms. The molecule has 0 aliphatic rings. The van der Waals surface area contributed by atoms with Gasteiger partial charge in [-0.3, -0.25) is 9.59 Å². The molecule has 2 aromatic rings. The molecule has 0 aliphatic heterocycles. The number of halogens is 1. The highest BCUT2D eigenvalue weighted by atomic mass is 19.1. The van der Waals surface area contributed by atoms with Gasteiger partial charge in [-0.05, 0) is 36.4 Å². The first-order chi connectivity index (χ1) is 11.5. The monoisotopic (exact) mass is 330 g/mol. The van der Waals surface area contributed by atoms with E-state index < -0.39 is 23.6 Å². The number of amides is 2. The third-order valence-corrected chi connectivity index (χ3v) is 3.06. The summed E-state index contributed by atoms with van der Waals surface area (Å²) in [6.07, 6.45) is 0. The van der Waals surface area contributed by atoms with Crippen LogP contribution in [0.1, 0.15) is 20.7 Å². The number of carbonyl (C=O) groups excluding carboxylic acids is 3. The van der Waals surface area contributed by atoms with Gasteiger partial charge in [-0.15, -0.1) is 0 Å². The molecule has 124 valence electrons. The second-order valence-corrected chi connectivity index (χ2v) is 4.81. The fourth-order valence-electron chi connectivity index (χ4n) is 1.94. The number of ether oxygens (including phenoxy) is 1. The summed E-state index contributed by atoms with van der Waals surface area (Å²) in [7, 11) is 1.26. The zero-order valence-electron chi connectivity index (χ0n) is 12.8. The number of esters is 1. The molecule has 0 atom stereocenters. The van der Waals surface area contributed by atoms with E-state index in [1.807, 2.05) is 0 Å². The smallest absolute Gasteiger partial charge is 0.337 e. The van der Waals surface area contributed by atoms with Crippen molar-refractivity contribution in [1.29, 1.82) is 0 Å². The zero-order valence-corrected chi connectivity index (χ0v) is 12.8. The number of benzene rings is 2. The van der Waals surface area contributed by atoms with Crippen molar-refractivity contribution >= 4 is 23.5 Å². The van der Waals surface area contributed by atoms with Crippen LogP contribution >= 0.6 is 0 Å². The standard InChI is InChI=1S/C17H15FN2O4/c1-24-17(23)12-5-3-7-14(9-12)20-15(21)10-19-16(22)11-4-2-6-13(18)8-11/h2-9H,10H2,1H3,(H,19,22)(H,20,21). The van der Waals surface area contributed by atoms with E-state index in [0.29, 0.717) is 11.3 Å². The fourth-order valence-corrected chi connectivity index (χ4v) is 1.94. The number of hydrogen-bond acceptors (Lipinski definition) is 4. The highest BCUT2D eigenvalue weighted by Gasteiger charge is 2.10. The third kappa shape index (κ3) is 4.64. The molecule has 0 saturated heterocycles. The fraction of sp³-hybridized carbons (Fsp3) is 0.118. The van der Waals surface area contributed by atoms with Crippen molar-refractivity contribution in [2.24, 2.45) is 0 Å². The maximum Gasteiger partial charge on any atom is 0.337 e. The van der Waals surface area contributed by atoms with Crippen LogP contribution in [0.25, 0.3) is 0 Å². The Labute approximate surface area is 137 Å². The average Bonchev–Trinajstić information content (AvgIpc) is 2.59. The van der Waals surface area contributed by atoms with E-state index in [0.717, 1.165) is 6.07 Å². The summed E-state index contributed by atoms with van der Waals surface area (Å²) in [6, 6.07) is 11.3. The van der Waals surface area contributed by atoms with Crippen molar-refractivity contribution in [3.8, 4) is 0 Å². The lowest BCUT2D eigenvalue weighted by Gasteiger charge is -2.08. The van der Waals surface area contributed by atoms with E-state index in [-0.39, 0.29) is 12.1 Å². The molecule has 0 spiro atoms. The molecule has 0 radical (unpaired) electrons. The summed E-state index contributed by atoms with van der Waals surface area (Å²) in [5.41, 5.74) is 0.803. The van der Waals surface area contributed by atoms with Crippen LogP contribution in [0.2, 0.25) is 0 Å². The number of rotatable bonds is 5. The number of methoxy groups -OCH3 is 1. The summed E-state index contributed by atoms with van der Waals surface area (Å²) >= 11 is 0. The molecular formula is C17H15FN2O4. The first-order valence-corrected chi connectivity index (χ1v) is 7.01. The van der Waals surface area contributed by atoms with Gasteiger partial charge in [-0.2, -0.15) is 0 Å². The minimum Gasteiger partial charge on any atom is -0.465 e. The van der Waals surface area contributed by atoms with Crippen LogP contribution in [0.5, 0.6) is 0 Å². The highest BCUT2D eigenvalue weighted by Crippen LogP contribution is 2.11. The molecule has 0 heterocycles. The van der Waals surface area contributed by atoms with E-state index >= 15 is 0 Å². The van der Waals surface area contributed by atoms with E-state index in [2.05, 4.69) is 15.4 Å². The largest absolute Gasteiger partial charge is 0.465 e. The van der Waals surface area contributed by atoms with E-state index in [1.165, 1.54) is 31.4 Å². The molecule has 7 heteroatoms. The molecule has 2 amide bonds. The lowest BCUT2D eigenvalue weighted by Crippen LogP contribution is -2.32. The van der Waals surface area contributed by atoms with Crippen molar-refractivity contribution in [1.82, 2.24) is 5.32 Å². The molecule has 2 N–H and O–H groups in total. The van der Waals surface area contributed by atoms with E-state index in [1.54, 1.807) is 18.2 Å². The maximum atomic E-state index is 13.0. The minimum absolute atomic E-state index is 0.121. The molecule has 0 aromatic heterocycles. The maximum absolute atomic E-state index is 13.0. The van der Waals surface area contributed by atoms with Gasteiger partial charge in [-0.25, -0.2) is 9.18 Å². The van der Waals surface area contributed by atoms with Crippen molar-refractivity contribution in [3.63, 3.8) is 0 Å². The molecule has 0 unspecified atom stereocenters. The van der Waals surface area contributed by atoms with E-state index in [4.69, 9.17) is 0 Å². The van der Waals surface area contributed by atoms with Gasteiger partial charge in [-0.1, -0.05) is 12.1 Å². The summed E-state index contributed by atoms with van der Waals surface area (Å²) in [6.45, 7) is -0.294. The molecule has 2 rings (SSSR count). The van der Waals surface area contributed by atoms with Crippen LogP contribution in [-0.4, -0.2) is 31.4 Å². The average molecular weight is 330 g/mol. The minimum atomic E-state index is -0.562. The second-order valence-electron chi connectivity index (χ2n) is 4.81. The number of carbonyl (C=O) groups is 3. The Balaban J connectivity index is 1.92. The molecule has 0 saturated carbocycles. The molecule has 24 heavy (non-hydrogen) atoms. The Morgan fingerprint density at radius 1 is 1.04 bits per heavy atom. The van der Waals surface area contributed by atoms with E-state index in [9.17, 15) is 18.8 Å². The quantitative estimate of drug-likeness (QED) is 0.821. The zero-order chi connectivity index (χ0) is 17.5. The summed E-state index contributed by atoms with van der Waals surface area (Å²) < 4.78 is 17.6. The lowest BCUT2D eigenvalue weighted by atomic mass is 10.2. The normalized spacial score (nSPS) is 9.92. The number of nitrogens with one attached hydrogen (secondary N) is 2. The molecule has 0 aliphatic carbocycles. The highest BCUT2D eigenvalue weighted by molar-refractivity contribution is 6.00. The number of hydrogen-bond donors (Lipinski definition) is 2. The van der Waals surface area contributed by atoms with Gasteiger partial charge in [0.05, 0.1) is 19.2 Å². The first kappa shape index (κ1) is 17.1. The van der Waals surface area contributed by atoms with Crippen LogP contribution in [0.3, 0.4) is 0 Å². The Morgan fingerprint density at radius 2 is 1.75 bits per heavy atom. The van der Waals surface area contributed by atoms with Gasteiger partial charge in [0, 0.05) is 11.3 Å². The van der Waals surface area contributed by atoms with Gasteiger partial charge in [0.25, 0.3) is 5.91 Å². The topological polar surface area (TPSA) is 84.5 Å². The van der Waals surface area contributed by atoms with Crippen LogP contribution < -0.4 is 10.6 Å². The summed E-state index contributed by atoms with van der Waals surface area (Å²) in [5, 5.41) is 4.93. The Bertz CT molecular complexity index is 777. The summed E-state index contributed by atoms with van der Waals surface area (Å²) in [5.74, 6) is -2.10. The Kier molecular flexibility index (Phi) is 5.62. The van der Waals surface area contributed by atoms with Gasteiger partial charge in [0.15, 0.2) is 0 Å². The predicted molar refractivity (Wildman–Crippen MR) is 85.1 cm³/mol. The van der Waals surface area contributed by atoms with Crippen LogP contribution in [-0.2, 0) is 9.53 Å². The van der Waals surface area contributed by atoms with Gasteiger partial charge in [0.1, 0.15) is 5.82 Å². The van der Waals surface area contributed by atoms with Crippen molar-refractivity contribution in [2.75, 3.05) is 19.0 Å². The van der Waals surface area contributed by atoms with Crippen LogP contribution in [0, 0.1) is 5.82 Å². The van der Waals surface area contributed by atoms with Crippen LogP contribution in [0.15, 0.2) is 48.5 Å². The van der Waals surface area contributed by atoms with Crippen molar-refractivity contribution in [2.45, 2.75) is 0 Å². The van der Waals surface area contributed by atoms with Crippen LogP contribution in [0.4, 0.5) is 10.1 Å². The molecule has 6 nitrogen and oxygen atoms in total. The molecule has 2 aromatic carbocycles. The molecule has 0 fully saturated rings. The summed E-state index contributed by atoms with van der Waals surface area (Å²) in [4.78, 5) is 35.1. The Morgan fingerprint density at radius 3 is 2.46 bits per heavy atom. The molecular weight excluding hydrogens is 315 g/mol. The third-order valence-electron chi connectivity index (χ3n) is 3.06. The SMILES string of the molecule is COC(=O)c1cccc(NC(=O)CNC(=O)c2cccc(F)c2)c1. The lowest BCUT2D eigenvalue weighted by molar-refractivity contribution is -0.115. The Hall–Kier alpha value is -3.22.